The SMILES string of the molecule is CN(C)C[C@@H](NC(=O)c1cncc(Br)c1)c1ccccc1. The molecule has 110 valence electrons. The fourth-order valence-corrected chi connectivity index (χ4v) is 2.43. The van der Waals surface area contributed by atoms with Gasteiger partial charge in [-0.3, -0.25) is 9.78 Å². The molecule has 0 aliphatic heterocycles. The Kier molecular flexibility index (Phi) is 5.47. The topological polar surface area (TPSA) is 45.2 Å². The summed E-state index contributed by atoms with van der Waals surface area (Å²) in [7, 11) is 3.98. The van der Waals surface area contributed by atoms with E-state index in [4.69, 9.17) is 0 Å². The number of amides is 1. The summed E-state index contributed by atoms with van der Waals surface area (Å²) in [6.07, 6.45) is 3.23. The van der Waals surface area contributed by atoms with Crippen molar-refractivity contribution in [3.8, 4) is 0 Å². The van der Waals surface area contributed by atoms with Crippen LogP contribution in [0.4, 0.5) is 0 Å². The number of carbonyl (C=O) groups excluding carboxylic acids is 1. The molecule has 0 bridgehead atoms. The Balaban J connectivity index is 2.17. The molecular weight excluding hydrogens is 330 g/mol. The average Bonchev–Trinajstić information content (AvgIpc) is 2.47. The molecule has 1 heterocycles. The maximum Gasteiger partial charge on any atom is 0.253 e. The van der Waals surface area contributed by atoms with Gasteiger partial charge in [-0.15, -0.1) is 0 Å². The predicted octanol–water partition coefficient (Wildman–Crippen LogP) is 2.88. The number of aromatic nitrogens is 1. The minimum Gasteiger partial charge on any atom is -0.344 e. The Hall–Kier alpha value is -1.72. The highest BCUT2D eigenvalue weighted by Gasteiger charge is 2.16. The lowest BCUT2D eigenvalue weighted by Gasteiger charge is -2.23. The molecule has 1 aromatic heterocycles. The first kappa shape index (κ1) is 15.7. The second-order valence-corrected chi connectivity index (χ2v) is 6.01. The van der Waals surface area contributed by atoms with E-state index in [1.54, 1.807) is 18.5 Å². The molecule has 0 aliphatic rings. The summed E-state index contributed by atoms with van der Waals surface area (Å²) in [5, 5.41) is 3.07. The van der Waals surface area contributed by atoms with Gasteiger partial charge in [0.2, 0.25) is 0 Å². The van der Waals surface area contributed by atoms with Crippen LogP contribution in [-0.2, 0) is 0 Å². The smallest absolute Gasteiger partial charge is 0.253 e. The standard InChI is InChI=1S/C16H18BrN3O/c1-20(2)11-15(12-6-4-3-5-7-12)19-16(21)13-8-14(17)10-18-9-13/h3-10,15H,11H2,1-2H3,(H,19,21)/t15-/m1/s1. The highest BCUT2D eigenvalue weighted by molar-refractivity contribution is 9.10. The van der Waals surface area contributed by atoms with Crippen molar-refractivity contribution in [3.05, 3.63) is 64.4 Å². The summed E-state index contributed by atoms with van der Waals surface area (Å²) in [6.45, 7) is 0.733. The summed E-state index contributed by atoms with van der Waals surface area (Å²) in [6, 6.07) is 11.7. The van der Waals surface area contributed by atoms with Gasteiger partial charge >= 0.3 is 0 Å². The molecule has 0 saturated carbocycles. The van der Waals surface area contributed by atoms with Crippen LogP contribution in [0.1, 0.15) is 22.0 Å². The molecule has 1 aromatic carbocycles. The monoisotopic (exact) mass is 347 g/mol. The van der Waals surface area contributed by atoms with Crippen molar-refractivity contribution < 1.29 is 4.79 Å². The lowest BCUT2D eigenvalue weighted by molar-refractivity contribution is 0.0929. The minimum atomic E-state index is -0.125. The van der Waals surface area contributed by atoms with Crippen molar-refractivity contribution in [2.45, 2.75) is 6.04 Å². The van der Waals surface area contributed by atoms with E-state index >= 15 is 0 Å². The van der Waals surface area contributed by atoms with Gasteiger partial charge in [0, 0.05) is 23.4 Å². The van der Waals surface area contributed by atoms with Gasteiger partial charge in [0.25, 0.3) is 5.91 Å². The molecule has 0 fully saturated rings. The third kappa shape index (κ3) is 4.65. The predicted molar refractivity (Wildman–Crippen MR) is 87.1 cm³/mol. The van der Waals surface area contributed by atoms with Gasteiger partial charge in [0.15, 0.2) is 0 Å². The lowest BCUT2D eigenvalue weighted by atomic mass is 10.1. The van der Waals surface area contributed by atoms with Crippen molar-refractivity contribution in [1.82, 2.24) is 15.2 Å². The van der Waals surface area contributed by atoms with Crippen LogP contribution in [0.2, 0.25) is 0 Å². The van der Waals surface area contributed by atoms with Gasteiger partial charge in [0.05, 0.1) is 11.6 Å². The van der Waals surface area contributed by atoms with Gasteiger partial charge in [-0.2, -0.15) is 0 Å². The molecule has 0 unspecified atom stereocenters. The van der Waals surface area contributed by atoms with Gasteiger partial charge < -0.3 is 10.2 Å². The van der Waals surface area contributed by atoms with Crippen molar-refractivity contribution in [3.63, 3.8) is 0 Å². The molecule has 21 heavy (non-hydrogen) atoms. The number of carbonyl (C=O) groups is 1. The van der Waals surface area contributed by atoms with Crippen molar-refractivity contribution in [2.75, 3.05) is 20.6 Å². The van der Waals surface area contributed by atoms with E-state index in [0.717, 1.165) is 16.6 Å². The molecule has 1 atom stereocenters. The number of benzene rings is 1. The fraction of sp³-hybridized carbons (Fsp3) is 0.250. The average molecular weight is 348 g/mol. The second kappa shape index (κ2) is 7.33. The van der Waals surface area contributed by atoms with E-state index in [0.29, 0.717) is 5.56 Å². The molecule has 1 N–H and O–H groups in total. The van der Waals surface area contributed by atoms with E-state index in [1.807, 2.05) is 44.4 Å². The summed E-state index contributed by atoms with van der Waals surface area (Å²) in [5.41, 5.74) is 1.63. The molecule has 0 aliphatic carbocycles. The van der Waals surface area contributed by atoms with Crippen LogP contribution >= 0.6 is 15.9 Å². The molecular formula is C16H18BrN3O. The zero-order valence-corrected chi connectivity index (χ0v) is 13.7. The summed E-state index contributed by atoms with van der Waals surface area (Å²) in [5.74, 6) is -0.125. The molecule has 0 radical (unpaired) electrons. The first-order valence-electron chi connectivity index (χ1n) is 6.67. The Morgan fingerprint density at radius 2 is 2.00 bits per heavy atom. The quantitative estimate of drug-likeness (QED) is 0.904. The number of hydrogen-bond donors (Lipinski definition) is 1. The van der Waals surface area contributed by atoms with E-state index < -0.39 is 0 Å². The highest BCUT2D eigenvalue weighted by Crippen LogP contribution is 2.15. The van der Waals surface area contributed by atoms with Crippen LogP contribution in [0.5, 0.6) is 0 Å². The Morgan fingerprint density at radius 3 is 2.62 bits per heavy atom. The van der Waals surface area contributed by atoms with Gasteiger partial charge in [-0.05, 0) is 41.7 Å². The minimum absolute atomic E-state index is 0.0623. The number of rotatable bonds is 5. The molecule has 1 amide bonds. The third-order valence-electron chi connectivity index (χ3n) is 3.02. The largest absolute Gasteiger partial charge is 0.344 e. The maximum atomic E-state index is 12.4. The Morgan fingerprint density at radius 1 is 1.29 bits per heavy atom. The van der Waals surface area contributed by atoms with E-state index in [1.165, 1.54) is 0 Å². The number of likely N-dealkylation sites (N-methyl/N-ethyl adjacent to an activating group) is 1. The molecule has 4 nitrogen and oxygen atoms in total. The first-order chi connectivity index (χ1) is 10.1. The number of pyridine rings is 1. The zero-order valence-electron chi connectivity index (χ0n) is 12.1. The van der Waals surface area contributed by atoms with Crippen LogP contribution in [0.3, 0.4) is 0 Å². The molecule has 2 aromatic rings. The van der Waals surface area contributed by atoms with Gasteiger partial charge in [-0.25, -0.2) is 0 Å². The second-order valence-electron chi connectivity index (χ2n) is 5.09. The van der Waals surface area contributed by atoms with Crippen molar-refractivity contribution >= 4 is 21.8 Å². The van der Waals surface area contributed by atoms with E-state index in [9.17, 15) is 4.79 Å². The van der Waals surface area contributed by atoms with Gasteiger partial charge in [0.1, 0.15) is 0 Å². The summed E-state index contributed by atoms with van der Waals surface area (Å²) < 4.78 is 0.791. The van der Waals surface area contributed by atoms with Crippen LogP contribution in [-0.4, -0.2) is 36.4 Å². The molecule has 0 saturated heterocycles. The third-order valence-corrected chi connectivity index (χ3v) is 3.46. The van der Waals surface area contributed by atoms with Crippen molar-refractivity contribution in [1.29, 1.82) is 0 Å². The summed E-state index contributed by atoms with van der Waals surface area (Å²) >= 11 is 3.33. The fourth-order valence-electron chi connectivity index (χ4n) is 2.06. The van der Waals surface area contributed by atoms with Crippen LogP contribution in [0.25, 0.3) is 0 Å². The normalized spacial score (nSPS) is 12.2. The highest BCUT2D eigenvalue weighted by atomic mass is 79.9. The number of halogens is 1. The summed E-state index contributed by atoms with van der Waals surface area (Å²) in [4.78, 5) is 18.5. The van der Waals surface area contributed by atoms with E-state index in [2.05, 4.69) is 31.1 Å². The lowest BCUT2D eigenvalue weighted by Crippen LogP contribution is -2.35. The van der Waals surface area contributed by atoms with Crippen molar-refractivity contribution in [2.24, 2.45) is 0 Å². The Labute approximate surface area is 133 Å². The molecule has 5 heteroatoms. The van der Waals surface area contributed by atoms with Crippen LogP contribution in [0, 0.1) is 0 Å². The Bertz CT molecular complexity index is 601. The van der Waals surface area contributed by atoms with Gasteiger partial charge in [-0.1, -0.05) is 30.3 Å². The van der Waals surface area contributed by atoms with E-state index in [-0.39, 0.29) is 11.9 Å². The first-order valence-corrected chi connectivity index (χ1v) is 7.46. The molecule has 2 rings (SSSR count). The number of nitrogens with zero attached hydrogens (tertiary/aromatic N) is 2. The van der Waals surface area contributed by atoms with Crippen LogP contribution < -0.4 is 5.32 Å². The number of nitrogens with one attached hydrogen (secondary N) is 1. The van der Waals surface area contributed by atoms with Crippen LogP contribution in [0.15, 0.2) is 53.3 Å². The maximum absolute atomic E-state index is 12.4. The number of hydrogen-bond acceptors (Lipinski definition) is 3. The molecule has 0 spiro atoms. The zero-order chi connectivity index (χ0) is 15.2.